The maximum atomic E-state index is 13.4. The first-order chi connectivity index (χ1) is 18.0. The zero-order valence-corrected chi connectivity index (χ0v) is 22.1. The molecule has 37 heavy (non-hydrogen) atoms. The topological polar surface area (TPSA) is 67.9 Å². The summed E-state index contributed by atoms with van der Waals surface area (Å²) in [5.74, 6) is -0.281. The molecule has 1 fully saturated rings. The van der Waals surface area contributed by atoms with Gasteiger partial charge in [0.25, 0.3) is 0 Å². The first kappa shape index (κ1) is 28.4. The van der Waals surface area contributed by atoms with Crippen LogP contribution >= 0.6 is 0 Å². The molecule has 2 aromatic carbocycles. The molecule has 0 radical (unpaired) electrons. The lowest BCUT2D eigenvalue weighted by atomic mass is 10.1. The Morgan fingerprint density at radius 1 is 0.892 bits per heavy atom. The van der Waals surface area contributed by atoms with Gasteiger partial charge in [0, 0.05) is 58.0 Å². The van der Waals surface area contributed by atoms with Gasteiger partial charge in [-0.05, 0) is 36.2 Å². The molecule has 1 aliphatic heterocycles. The molecule has 0 aromatic heterocycles. The van der Waals surface area contributed by atoms with Crippen molar-refractivity contribution in [3.63, 3.8) is 0 Å². The number of nitrogens with one attached hydrogen (secondary N) is 2. The monoisotopic (exact) mass is 511 g/mol. The van der Waals surface area contributed by atoms with Crippen LogP contribution in [0.1, 0.15) is 51.0 Å². The van der Waals surface area contributed by atoms with Gasteiger partial charge in [0.15, 0.2) is 0 Å². The van der Waals surface area contributed by atoms with Gasteiger partial charge in [-0.3, -0.25) is 4.90 Å². The van der Waals surface area contributed by atoms with Crippen molar-refractivity contribution in [3.8, 4) is 0 Å². The summed E-state index contributed by atoms with van der Waals surface area (Å²) in [6, 6.07) is 15.6. The van der Waals surface area contributed by atoms with E-state index in [0.29, 0.717) is 32.7 Å². The molecule has 202 valence electrons. The average molecular weight is 512 g/mol. The quantitative estimate of drug-likeness (QED) is 0.347. The molecule has 0 bridgehead atoms. The lowest BCUT2D eigenvalue weighted by Crippen LogP contribution is -2.52. The second kappa shape index (κ2) is 15.9. The van der Waals surface area contributed by atoms with Gasteiger partial charge < -0.3 is 20.4 Å². The van der Waals surface area contributed by atoms with E-state index in [2.05, 4.69) is 22.5 Å². The number of urea groups is 2. The Bertz CT molecular complexity index is 933. The fraction of sp³-hybridized carbons (Fsp3) is 0.517. The van der Waals surface area contributed by atoms with Crippen molar-refractivity contribution in [1.82, 2.24) is 20.0 Å². The summed E-state index contributed by atoms with van der Waals surface area (Å²) >= 11 is 0. The Hall–Kier alpha value is -3.13. The van der Waals surface area contributed by atoms with E-state index in [1.165, 1.54) is 37.8 Å². The van der Waals surface area contributed by atoms with E-state index in [-0.39, 0.29) is 17.9 Å². The number of halogens is 1. The molecule has 1 heterocycles. The summed E-state index contributed by atoms with van der Waals surface area (Å²) in [7, 11) is 0. The number of nitrogens with zero attached hydrogens (tertiary/aromatic N) is 3. The molecule has 1 aliphatic rings. The summed E-state index contributed by atoms with van der Waals surface area (Å²) in [4.78, 5) is 31.5. The average Bonchev–Trinajstić information content (AvgIpc) is 2.92. The standard InChI is InChI=1S/C29H42FN5O2/c1-2-3-4-5-6-10-17-31-28(36)35(24-25-13-15-26(30)16-14-25)23-20-33-18-21-34(22-19-33)29(37)32-27-11-8-7-9-12-27/h7-9,11-16H,2-6,10,17-24H2,1H3,(H,31,36)(H,32,37). The third-order valence-corrected chi connectivity index (χ3v) is 6.75. The summed E-state index contributed by atoms with van der Waals surface area (Å²) in [5.41, 5.74) is 1.69. The van der Waals surface area contributed by atoms with Gasteiger partial charge in [0.05, 0.1) is 0 Å². The number of piperazine rings is 1. The Morgan fingerprint density at radius 3 is 2.27 bits per heavy atom. The molecule has 0 atom stereocenters. The SMILES string of the molecule is CCCCCCCCNC(=O)N(CCN1CCN(C(=O)Nc2ccccc2)CC1)Cc1ccc(F)cc1. The van der Waals surface area contributed by atoms with E-state index in [4.69, 9.17) is 0 Å². The summed E-state index contributed by atoms with van der Waals surface area (Å²) in [6.07, 6.45) is 7.06. The molecule has 2 aromatic rings. The molecule has 7 nitrogen and oxygen atoms in total. The Balaban J connectivity index is 1.44. The van der Waals surface area contributed by atoms with Crippen molar-refractivity contribution in [2.24, 2.45) is 0 Å². The van der Waals surface area contributed by atoms with Crippen LogP contribution in [0.2, 0.25) is 0 Å². The fourth-order valence-corrected chi connectivity index (χ4v) is 4.44. The first-order valence-corrected chi connectivity index (χ1v) is 13.7. The summed E-state index contributed by atoms with van der Waals surface area (Å²) in [5, 5.41) is 6.01. The zero-order valence-electron chi connectivity index (χ0n) is 22.1. The Morgan fingerprint density at radius 2 is 1.57 bits per heavy atom. The Labute approximate surface area is 221 Å². The predicted molar refractivity (Wildman–Crippen MR) is 147 cm³/mol. The number of hydrogen-bond donors (Lipinski definition) is 2. The summed E-state index contributed by atoms with van der Waals surface area (Å²) in [6.45, 7) is 7.39. The van der Waals surface area contributed by atoms with E-state index in [9.17, 15) is 14.0 Å². The number of benzene rings is 2. The van der Waals surface area contributed by atoms with Crippen LogP contribution in [-0.2, 0) is 6.54 Å². The highest BCUT2D eigenvalue weighted by atomic mass is 19.1. The van der Waals surface area contributed by atoms with Crippen LogP contribution in [0.3, 0.4) is 0 Å². The molecular weight excluding hydrogens is 469 g/mol. The predicted octanol–water partition coefficient (Wildman–Crippen LogP) is 5.55. The number of anilines is 1. The molecule has 0 unspecified atom stereocenters. The lowest BCUT2D eigenvalue weighted by molar-refractivity contribution is 0.134. The van der Waals surface area contributed by atoms with E-state index in [1.807, 2.05) is 35.2 Å². The van der Waals surface area contributed by atoms with Crippen molar-refractivity contribution in [2.75, 3.05) is 51.1 Å². The zero-order chi connectivity index (χ0) is 26.3. The number of carbonyl (C=O) groups is 2. The number of hydrogen-bond acceptors (Lipinski definition) is 3. The van der Waals surface area contributed by atoms with Crippen molar-refractivity contribution in [1.29, 1.82) is 0 Å². The maximum Gasteiger partial charge on any atom is 0.321 e. The molecule has 8 heteroatoms. The largest absolute Gasteiger partial charge is 0.338 e. The third-order valence-electron chi connectivity index (χ3n) is 6.75. The molecule has 1 saturated heterocycles. The molecule has 3 rings (SSSR count). The molecular formula is C29H42FN5O2. The van der Waals surface area contributed by atoms with Gasteiger partial charge in [0.2, 0.25) is 0 Å². The number of para-hydroxylation sites is 1. The smallest absolute Gasteiger partial charge is 0.321 e. The Kier molecular flexibility index (Phi) is 12.2. The first-order valence-electron chi connectivity index (χ1n) is 13.7. The fourth-order valence-electron chi connectivity index (χ4n) is 4.44. The van der Waals surface area contributed by atoms with Crippen molar-refractivity contribution >= 4 is 17.7 Å². The molecule has 2 N–H and O–H groups in total. The second-order valence-electron chi connectivity index (χ2n) is 9.67. The van der Waals surface area contributed by atoms with Gasteiger partial charge in [-0.2, -0.15) is 0 Å². The van der Waals surface area contributed by atoms with Crippen molar-refractivity contribution in [3.05, 3.63) is 66.0 Å². The van der Waals surface area contributed by atoms with Gasteiger partial charge in [-0.1, -0.05) is 69.4 Å². The maximum absolute atomic E-state index is 13.4. The highest BCUT2D eigenvalue weighted by Crippen LogP contribution is 2.11. The van der Waals surface area contributed by atoms with E-state index < -0.39 is 0 Å². The van der Waals surface area contributed by atoms with Gasteiger partial charge in [-0.25, -0.2) is 14.0 Å². The number of rotatable bonds is 13. The number of carbonyl (C=O) groups excluding carboxylic acids is 2. The molecule has 4 amide bonds. The minimum Gasteiger partial charge on any atom is -0.338 e. The highest BCUT2D eigenvalue weighted by Gasteiger charge is 2.22. The minimum atomic E-state index is -0.281. The minimum absolute atomic E-state index is 0.0845. The van der Waals surface area contributed by atoms with E-state index >= 15 is 0 Å². The van der Waals surface area contributed by atoms with Crippen LogP contribution in [0.5, 0.6) is 0 Å². The van der Waals surface area contributed by atoms with Crippen molar-refractivity contribution in [2.45, 2.75) is 52.0 Å². The van der Waals surface area contributed by atoms with Gasteiger partial charge in [-0.15, -0.1) is 0 Å². The van der Waals surface area contributed by atoms with Crippen LogP contribution in [0.4, 0.5) is 19.7 Å². The lowest BCUT2D eigenvalue weighted by Gasteiger charge is -2.35. The van der Waals surface area contributed by atoms with Gasteiger partial charge >= 0.3 is 12.1 Å². The van der Waals surface area contributed by atoms with Crippen LogP contribution in [0.15, 0.2) is 54.6 Å². The van der Waals surface area contributed by atoms with Crippen LogP contribution < -0.4 is 10.6 Å². The van der Waals surface area contributed by atoms with Crippen LogP contribution in [0, 0.1) is 5.82 Å². The van der Waals surface area contributed by atoms with Gasteiger partial charge in [0.1, 0.15) is 5.82 Å². The molecule has 0 spiro atoms. The number of amides is 4. The number of unbranched alkanes of at least 4 members (excludes halogenated alkanes) is 5. The third kappa shape index (κ3) is 10.4. The van der Waals surface area contributed by atoms with Crippen LogP contribution in [0.25, 0.3) is 0 Å². The van der Waals surface area contributed by atoms with Crippen molar-refractivity contribution < 1.29 is 14.0 Å². The van der Waals surface area contributed by atoms with E-state index in [0.717, 1.165) is 43.7 Å². The molecule has 0 saturated carbocycles. The van der Waals surface area contributed by atoms with E-state index in [1.54, 1.807) is 17.0 Å². The molecule has 0 aliphatic carbocycles. The highest BCUT2D eigenvalue weighted by molar-refractivity contribution is 5.89. The van der Waals surface area contributed by atoms with Crippen LogP contribution in [-0.4, -0.2) is 72.6 Å². The summed E-state index contributed by atoms with van der Waals surface area (Å²) < 4.78 is 13.4. The second-order valence-corrected chi connectivity index (χ2v) is 9.67. The normalized spacial score (nSPS) is 13.8.